The minimum Gasteiger partial charge on any atom is -0.369 e. The molecule has 1 aliphatic carbocycles. The van der Waals surface area contributed by atoms with Gasteiger partial charge in [-0.1, -0.05) is 0 Å². The standard InChI is InChI=1S/C17H22FN5O/c1-21-4-6-22(7-5-21)14-9-15-13(8-12(14)18)20-17(10-16(19)24)23(15)11-2-3-11/h8-9,11H,2-7,10H2,1H3,(H2,19,24). The predicted octanol–water partition coefficient (Wildman–Crippen LogP) is 1.29. The lowest BCUT2D eigenvalue weighted by Crippen LogP contribution is -2.44. The summed E-state index contributed by atoms with van der Waals surface area (Å²) >= 11 is 0. The molecule has 0 unspecified atom stereocenters. The summed E-state index contributed by atoms with van der Waals surface area (Å²) in [6.45, 7) is 3.47. The van der Waals surface area contributed by atoms with Gasteiger partial charge in [0.05, 0.1) is 23.1 Å². The SMILES string of the molecule is CN1CCN(c2cc3c(cc2F)nc(CC(N)=O)n3C2CC2)CC1. The van der Waals surface area contributed by atoms with Crippen LogP contribution in [-0.2, 0) is 11.2 Å². The highest BCUT2D eigenvalue weighted by Gasteiger charge is 2.29. The van der Waals surface area contributed by atoms with Crippen molar-refractivity contribution in [2.45, 2.75) is 25.3 Å². The van der Waals surface area contributed by atoms with Gasteiger partial charge in [-0.25, -0.2) is 9.37 Å². The lowest BCUT2D eigenvalue weighted by Gasteiger charge is -2.34. The first-order valence-corrected chi connectivity index (χ1v) is 8.45. The van der Waals surface area contributed by atoms with Crippen LogP contribution in [0.1, 0.15) is 24.7 Å². The molecule has 0 atom stereocenters. The quantitative estimate of drug-likeness (QED) is 0.917. The van der Waals surface area contributed by atoms with E-state index >= 15 is 0 Å². The molecule has 1 aromatic heterocycles. The van der Waals surface area contributed by atoms with Crippen molar-refractivity contribution in [3.05, 3.63) is 23.8 Å². The number of halogens is 1. The van der Waals surface area contributed by atoms with Crippen molar-refractivity contribution in [1.82, 2.24) is 14.5 Å². The number of amides is 1. The largest absolute Gasteiger partial charge is 0.369 e. The van der Waals surface area contributed by atoms with E-state index in [9.17, 15) is 9.18 Å². The van der Waals surface area contributed by atoms with Crippen LogP contribution in [0.25, 0.3) is 11.0 Å². The van der Waals surface area contributed by atoms with E-state index in [1.165, 1.54) is 6.07 Å². The van der Waals surface area contributed by atoms with Crippen molar-refractivity contribution in [3.63, 3.8) is 0 Å². The fourth-order valence-electron chi connectivity index (χ4n) is 3.47. The molecule has 1 aromatic carbocycles. The summed E-state index contributed by atoms with van der Waals surface area (Å²) in [4.78, 5) is 20.1. The maximum absolute atomic E-state index is 14.6. The highest BCUT2D eigenvalue weighted by molar-refractivity contribution is 5.83. The summed E-state index contributed by atoms with van der Waals surface area (Å²) in [6.07, 6.45) is 2.23. The summed E-state index contributed by atoms with van der Waals surface area (Å²) in [5, 5.41) is 0. The number of likely N-dealkylation sites (N-methyl/N-ethyl adjacent to an activating group) is 1. The fraction of sp³-hybridized carbons (Fsp3) is 0.529. The first-order valence-electron chi connectivity index (χ1n) is 8.45. The lowest BCUT2D eigenvalue weighted by atomic mass is 10.2. The van der Waals surface area contributed by atoms with E-state index < -0.39 is 5.91 Å². The van der Waals surface area contributed by atoms with E-state index in [4.69, 9.17) is 5.73 Å². The molecule has 0 bridgehead atoms. The van der Waals surface area contributed by atoms with Gasteiger partial charge < -0.3 is 20.1 Å². The topological polar surface area (TPSA) is 67.4 Å². The van der Waals surface area contributed by atoms with E-state index in [0.717, 1.165) is 44.5 Å². The highest BCUT2D eigenvalue weighted by Crippen LogP contribution is 2.40. The van der Waals surface area contributed by atoms with Crippen molar-refractivity contribution in [1.29, 1.82) is 0 Å². The number of hydrogen-bond donors (Lipinski definition) is 1. The molecular weight excluding hydrogens is 309 g/mol. The van der Waals surface area contributed by atoms with Gasteiger partial charge in [0.1, 0.15) is 11.6 Å². The third-order valence-electron chi connectivity index (χ3n) is 4.92. The Kier molecular flexibility index (Phi) is 3.68. The van der Waals surface area contributed by atoms with E-state index in [1.807, 2.05) is 6.07 Å². The first-order chi connectivity index (χ1) is 11.5. The van der Waals surface area contributed by atoms with Crippen molar-refractivity contribution in [2.75, 3.05) is 38.1 Å². The van der Waals surface area contributed by atoms with E-state index in [-0.39, 0.29) is 12.2 Å². The highest BCUT2D eigenvalue weighted by atomic mass is 19.1. The Hall–Kier alpha value is -2.15. The van der Waals surface area contributed by atoms with Crippen LogP contribution in [0.4, 0.5) is 10.1 Å². The Morgan fingerprint density at radius 1 is 1.29 bits per heavy atom. The molecule has 1 aliphatic heterocycles. The Bertz CT molecular complexity index is 790. The van der Waals surface area contributed by atoms with Crippen molar-refractivity contribution < 1.29 is 9.18 Å². The minimum absolute atomic E-state index is 0.0939. The van der Waals surface area contributed by atoms with E-state index in [2.05, 4.69) is 26.4 Å². The Balaban J connectivity index is 1.78. The van der Waals surface area contributed by atoms with Gasteiger partial charge >= 0.3 is 0 Å². The van der Waals surface area contributed by atoms with Crippen LogP contribution in [0, 0.1) is 5.82 Å². The average molecular weight is 331 g/mol. The van der Waals surface area contributed by atoms with Crippen LogP contribution in [0.3, 0.4) is 0 Å². The van der Waals surface area contributed by atoms with Crippen LogP contribution in [0.2, 0.25) is 0 Å². The van der Waals surface area contributed by atoms with Gasteiger partial charge in [-0.3, -0.25) is 4.79 Å². The molecule has 0 spiro atoms. The van der Waals surface area contributed by atoms with Crippen LogP contribution < -0.4 is 10.6 Å². The van der Waals surface area contributed by atoms with Crippen LogP contribution in [0.15, 0.2) is 12.1 Å². The molecule has 128 valence electrons. The normalized spacial score (nSPS) is 19.2. The molecule has 2 aromatic rings. The number of rotatable bonds is 4. The number of primary amides is 1. The number of hydrogen-bond acceptors (Lipinski definition) is 4. The number of aromatic nitrogens is 2. The molecule has 1 saturated carbocycles. The second kappa shape index (κ2) is 5.73. The molecule has 24 heavy (non-hydrogen) atoms. The molecule has 1 saturated heterocycles. The van der Waals surface area contributed by atoms with Gasteiger partial charge in [0.2, 0.25) is 5.91 Å². The number of imidazole rings is 1. The number of nitrogens with zero attached hydrogens (tertiary/aromatic N) is 4. The second-order valence-corrected chi connectivity index (χ2v) is 6.85. The average Bonchev–Trinajstić information content (AvgIpc) is 3.30. The summed E-state index contributed by atoms with van der Waals surface area (Å²) in [5.41, 5.74) is 7.49. The number of benzene rings is 1. The Labute approximate surface area is 140 Å². The number of anilines is 1. The maximum Gasteiger partial charge on any atom is 0.225 e. The number of piperazine rings is 1. The third-order valence-corrected chi connectivity index (χ3v) is 4.92. The predicted molar refractivity (Wildman–Crippen MR) is 90.6 cm³/mol. The van der Waals surface area contributed by atoms with Crippen LogP contribution in [-0.4, -0.2) is 53.6 Å². The second-order valence-electron chi connectivity index (χ2n) is 6.85. The fourth-order valence-corrected chi connectivity index (χ4v) is 3.47. The molecule has 0 radical (unpaired) electrons. The van der Waals surface area contributed by atoms with Crippen LogP contribution >= 0.6 is 0 Å². The van der Waals surface area contributed by atoms with Gasteiger partial charge in [-0.2, -0.15) is 0 Å². The smallest absolute Gasteiger partial charge is 0.225 e. The summed E-state index contributed by atoms with van der Waals surface area (Å²) in [7, 11) is 2.08. The number of nitrogens with two attached hydrogens (primary N) is 1. The zero-order valence-corrected chi connectivity index (χ0v) is 13.8. The van der Waals surface area contributed by atoms with Crippen LogP contribution in [0.5, 0.6) is 0 Å². The Morgan fingerprint density at radius 2 is 2.00 bits per heavy atom. The molecule has 2 fully saturated rings. The van der Waals surface area contributed by atoms with Gasteiger partial charge in [-0.15, -0.1) is 0 Å². The zero-order chi connectivity index (χ0) is 16.8. The van der Waals surface area contributed by atoms with Gasteiger partial charge in [0, 0.05) is 38.3 Å². The summed E-state index contributed by atoms with van der Waals surface area (Å²) in [5.74, 6) is -0.0139. The molecule has 2 heterocycles. The third kappa shape index (κ3) is 2.73. The summed E-state index contributed by atoms with van der Waals surface area (Å²) in [6, 6.07) is 3.74. The monoisotopic (exact) mass is 331 g/mol. The van der Waals surface area contributed by atoms with Gasteiger partial charge in [0.25, 0.3) is 0 Å². The molecule has 2 aliphatic rings. The Morgan fingerprint density at radius 3 is 2.62 bits per heavy atom. The molecule has 4 rings (SSSR count). The minimum atomic E-state index is -0.410. The molecule has 6 nitrogen and oxygen atoms in total. The van der Waals surface area contributed by atoms with E-state index in [1.54, 1.807) is 0 Å². The lowest BCUT2D eigenvalue weighted by molar-refractivity contribution is -0.117. The molecule has 1 amide bonds. The summed E-state index contributed by atoms with van der Waals surface area (Å²) < 4.78 is 16.7. The van der Waals surface area contributed by atoms with Crippen molar-refractivity contribution >= 4 is 22.6 Å². The molecular formula is C17H22FN5O. The molecule has 7 heteroatoms. The van der Waals surface area contributed by atoms with E-state index in [0.29, 0.717) is 23.1 Å². The van der Waals surface area contributed by atoms with Gasteiger partial charge in [-0.05, 0) is 26.0 Å². The maximum atomic E-state index is 14.6. The van der Waals surface area contributed by atoms with Crippen molar-refractivity contribution in [2.24, 2.45) is 5.73 Å². The first kappa shape index (κ1) is 15.4. The van der Waals surface area contributed by atoms with Crippen molar-refractivity contribution in [3.8, 4) is 0 Å². The van der Waals surface area contributed by atoms with Gasteiger partial charge in [0.15, 0.2) is 0 Å². The zero-order valence-electron chi connectivity index (χ0n) is 13.8. The number of carbonyl (C=O) groups excluding carboxylic acids is 1. The molecule has 2 N–H and O–H groups in total. The number of carbonyl (C=O) groups is 1. The number of fused-ring (bicyclic) bond motifs is 1.